The van der Waals surface area contributed by atoms with Crippen LogP contribution in [0.1, 0.15) is 32.1 Å². The average molecular weight is 437 g/mol. The van der Waals surface area contributed by atoms with E-state index in [0.29, 0.717) is 37.4 Å². The number of likely N-dealkylation sites (tertiary alicyclic amines) is 1. The maximum Gasteiger partial charge on any atom is 0.434 e. The molecule has 3 amide bonds. The SMILES string of the molecule is O=C(ON1C(=O)CCC1=O)N1CCC2(CC1)CC(NS(=O)(=O)c1ccccc1)CO2. The zero-order valence-electron chi connectivity index (χ0n) is 16.3. The molecule has 3 heterocycles. The van der Waals surface area contributed by atoms with Crippen molar-refractivity contribution in [2.24, 2.45) is 0 Å². The van der Waals surface area contributed by atoms with Crippen molar-refractivity contribution in [3.63, 3.8) is 0 Å². The molecule has 0 aliphatic carbocycles. The highest BCUT2D eigenvalue weighted by atomic mass is 32.2. The number of hydrogen-bond donors (Lipinski definition) is 1. The van der Waals surface area contributed by atoms with E-state index in [0.717, 1.165) is 0 Å². The number of carbonyl (C=O) groups is 3. The second-order valence-corrected chi connectivity index (χ2v) is 9.47. The van der Waals surface area contributed by atoms with Gasteiger partial charge in [-0.1, -0.05) is 18.2 Å². The Morgan fingerprint density at radius 1 is 1.10 bits per heavy atom. The van der Waals surface area contributed by atoms with Crippen molar-refractivity contribution in [3.05, 3.63) is 30.3 Å². The molecule has 0 radical (unpaired) electrons. The third-order valence-electron chi connectivity index (χ3n) is 5.69. The zero-order chi connectivity index (χ0) is 21.4. The fourth-order valence-electron chi connectivity index (χ4n) is 4.05. The molecule has 0 aromatic heterocycles. The average Bonchev–Trinajstić information content (AvgIpc) is 3.26. The first-order chi connectivity index (χ1) is 14.3. The molecule has 1 aromatic rings. The fraction of sp³-hybridized carbons (Fsp3) is 0.526. The van der Waals surface area contributed by atoms with Gasteiger partial charge >= 0.3 is 6.09 Å². The Morgan fingerprint density at radius 2 is 1.73 bits per heavy atom. The molecule has 1 N–H and O–H groups in total. The number of hydrogen-bond acceptors (Lipinski definition) is 7. The highest BCUT2D eigenvalue weighted by Crippen LogP contribution is 2.36. The first kappa shape index (κ1) is 20.8. The minimum atomic E-state index is -3.63. The Balaban J connectivity index is 1.30. The van der Waals surface area contributed by atoms with Crippen molar-refractivity contribution in [2.75, 3.05) is 19.7 Å². The standard InChI is InChI=1S/C19H23N3O7S/c23-16-6-7-17(24)22(16)29-18(25)21-10-8-19(9-11-21)12-14(13-28-19)20-30(26,27)15-4-2-1-3-5-15/h1-5,14,20H,6-13H2. The molecule has 3 aliphatic heterocycles. The Kier molecular flexibility index (Phi) is 5.51. The van der Waals surface area contributed by atoms with E-state index in [-0.39, 0.29) is 30.4 Å². The Bertz CT molecular complexity index is 926. The first-order valence-corrected chi connectivity index (χ1v) is 11.3. The number of amides is 3. The van der Waals surface area contributed by atoms with Crippen LogP contribution in [0.3, 0.4) is 0 Å². The molecule has 3 saturated heterocycles. The first-order valence-electron chi connectivity index (χ1n) is 9.82. The van der Waals surface area contributed by atoms with Crippen molar-refractivity contribution in [1.29, 1.82) is 0 Å². The Labute approximate surface area is 174 Å². The summed E-state index contributed by atoms with van der Waals surface area (Å²) in [6.07, 6.45) is 0.867. The molecule has 1 aromatic carbocycles. The predicted molar refractivity (Wildman–Crippen MR) is 102 cm³/mol. The van der Waals surface area contributed by atoms with E-state index in [9.17, 15) is 22.8 Å². The van der Waals surface area contributed by atoms with Gasteiger partial charge in [0.1, 0.15) is 0 Å². The van der Waals surface area contributed by atoms with Crippen molar-refractivity contribution in [3.8, 4) is 0 Å². The van der Waals surface area contributed by atoms with Gasteiger partial charge in [-0.3, -0.25) is 9.59 Å². The number of piperidine rings is 1. The van der Waals surface area contributed by atoms with Gasteiger partial charge in [-0.2, -0.15) is 0 Å². The van der Waals surface area contributed by atoms with Gasteiger partial charge in [-0.05, 0) is 31.4 Å². The summed E-state index contributed by atoms with van der Waals surface area (Å²) in [5.41, 5.74) is -0.514. The second kappa shape index (κ2) is 7.97. The van der Waals surface area contributed by atoms with E-state index >= 15 is 0 Å². The topological polar surface area (TPSA) is 122 Å². The number of carbonyl (C=O) groups excluding carboxylic acids is 3. The van der Waals surface area contributed by atoms with Gasteiger partial charge in [0.15, 0.2) is 0 Å². The monoisotopic (exact) mass is 437 g/mol. The summed E-state index contributed by atoms with van der Waals surface area (Å²) in [4.78, 5) is 42.0. The summed E-state index contributed by atoms with van der Waals surface area (Å²) in [5, 5.41) is 0.535. The minimum absolute atomic E-state index is 0.0450. The van der Waals surface area contributed by atoms with Crippen molar-refractivity contribution in [2.45, 2.75) is 48.6 Å². The molecule has 1 unspecified atom stereocenters. The molecular formula is C19H23N3O7S. The van der Waals surface area contributed by atoms with E-state index in [1.807, 2.05) is 0 Å². The lowest BCUT2D eigenvalue weighted by molar-refractivity contribution is -0.174. The number of ether oxygens (including phenoxy) is 1. The Hall–Kier alpha value is -2.50. The van der Waals surface area contributed by atoms with Gasteiger partial charge in [0.2, 0.25) is 10.0 Å². The van der Waals surface area contributed by atoms with Crippen molar-refractivity contribution in [1.82, 2.24) is 14.7 Å². The van der Waals surface area contributed by atoms with Gasteiger partial charge in [0.05, 0.1) is 17.1 Å². The molecule has 4 rings (SSSR count). The van der Waals surface area contributed by atoms with Crippen LogP contribution in [0.15, 0.2) is 35.2 Å². The maximum atomic E-state index is 12.5. The van der Waals surface area contributed by atoms with Crippen LogP contribution in [-0.4, -0.2) is 67.6 Å². The van der Waals surface area contributed by atoms with Crippen LogP contribution >= 0.6 is 0 Å². The van der Waals surface area contributed by atoms with Crippen LogP contribution in [0.4, 0.5) is 4.79 Å². The minimum Gasteiger partial charge on any atom is -0.373 e. The lowest BCUT2D eigenvalue weighted by Gasteiger charge is -2.38. The second-order valence-electron chi connectivity index (χ2n) is 7.76. The number of benzene rings is 1. The predicted octanol–water partition coefficient (Wildman–Crippen LogP) is 0.789. The summed E-state index contributed by atoms with van der Waals surface area (Å²) in [6, 6.07) is 7.80. The normalized spacial score (nSPS) is 23.9. The number of hydroxylamine groups is 2. The summed E-state index contributed by atoms with van der Waals surface area (Å²) >= 11 is 0. The van der Waals surface area contributed by atoms with Crippen molar-refractivity contribution >= 4 is 27.9 Å². The molecule has 162 valence electrons. The molecule has 11 heteroatoms. The number of sulfonamides is 1. The number of nitrogens with one attached hydrogen (secondary N) is 1. The van der Waals surface area contributed by atoms with E-state index in [1.54, 1.807) is 18.2 Å². The van der Waals surface area contributed by atoms with Crippen LogP contribution in [-0.2, 0) is 29.2 Å². The van der Waals surface area contributed by atoms with E-state index in [1.165, 1.54) is 17.0 Å². The van der Waals surface area contributed by atoms with Gasteiger partial charge in [-0.25, -0.2) is 17.9 Å². The van der Waals surface area contributed by atoms with Crippen molar-refractivity contribution < 1.29 is 32.4 Å². The van der Waals surface area contributed by atoms with E-state index in [2.05, 4.69) is 4.72 Å². The fourth-order valence-corrected chi connectivity index (χ4v) is 5.29. The molecule has 1 spiro atoms. The zero-order valence-corrected chi connectivity index (χ0v) is 17.1. The smallest absolute Gasteiger partial charge is 0.373 e. The molecule has 3 aliphatic rings. The lowest BCUT2D eigenvalue weighted by atomic mass is 9.88. The summed E-state index contributed by atoms with van der Waals surface area (Å²) in [7, 11) is -3.63. The van der Waals surface area contributed by atoms with Gasteiger partial charge in [-0.15, -0.1) is 5.06 Å². The molecule has 30 heavy (non-hydrogen) atoms. The summed E-state index contributed by atoms with van der Waals surface area (Å²) in [6.45, 7) is 0.910. The van der Waals surface area contributed by atoms with Gasteiger partial charge < -0.3 is 14.5 Å². The van der Waals surface area contributed by atoms with Crippen LogP contribution in [0.25, 0.3) is 0 Å². The molecule has 0 saturated carbocycles. The van der Waals surface area contributed by atoms with Crippen LogP contribution in [0, 0.1) is 0 Å². The molecular weight excluding hydrogens is 414 g/mol. The maximum absolute atomic E-state index is 12.5. The third-order valence-corrected chi connectivity index (χ3v) is 7.23. The van der Waals surface area contributed by atoms with Gasteiger partial charge in [0, 0.05) is 32.0 Å². The summed E-state index contributed by atoms with van der Waals surface area (Å²) < 4.78 is 33.7. The quantitative estimate of drug-likeness (QED) is 0.691. The highest BCUT2D eigenvalue weighted by molar-refractivity contribution is 7.89. The molecule has 0 bridgehead atoms. The van der Waals surface area contributed by atoms with E-state index in [4.69, 9.17) is 9.57 Å². The largest absolute Gasteiger partial charge is 0.434 e. The van der Waals surface area contributed by atoms with Crippen LogP contribution in [0.5, 0.6) is 0 Å². The van der Waals surface area contributed by atoms with Gasteiger partial charge in [0.25, 0.3) is 11.8 Å². The number of nitrogens with zero attached hydrogens (tertiary/aromatic N) is 2. The van der Waals surface area contributed by atoms with Crippen LogP contribution < -0.4 is 4.72 Å². The number of rotatable bonds is 4. The third kappa shape index (κ3) is 4.18. The number of imide groups is 1. The molecule has 3 fully saturated rings. The molecule has 1 atom stereocenters. The highest BCUT2D eigenvalue weighted by Gasteiger charge is 2.45. The van der Waals surface area contributed by atoms with Crippen LogP contribution in [0.2, 0.25) is 0 Å². The Morgan fingerprint density at radius 3 is 2.37 bits per heavy atom. The molecule has 10 nitrogen and oxygen atoms in total. The summed E-state index contributed by atoms with van der Waals surface area (Å²) in [5.74, 6) is -1.04. The lowest BCUT2D eigenvalue weighted by Crippen LogP contribution is -2.49. The van der Waals surface area contributed by atoms with E-state index < -0.39 is 33.5 Å².